The van der Waals surface area contributed by atoms with Crippen LogP contribution in [-0.4, -0.2) is 56.8 Å². The van der Waals surface area contributed by atoms with Crippen LogP contribution in [0, 0.1) is 0 Å². The van der Waals surface area contributed by atoms with E-state index in [1.54, 1.807) is 24.1 Å². The minimum atomic E-state index is -3.42. The van der Waals surface area contributed by atoms with E-state index in [9.17, 15) is 13.2 Å². The summed E-state index contributed by atoms with van der Waals surface area (Å²) in [4.78, 5) is 14.8. The monoisotopic (exact) mass is 486 g/mol. The summed E-state index contributed by atoms with van der Waals surface area (Å²) in [6.45, 7) is 2.01. The first-order chi connectivity index (χ1) is 13.4. The van der Waals surface area contributed by atoms with Crippen molar-refractivity contribution >= 4 is 43.2 Å². The van der Waals surface area contributed by atoms with Gasteiger partial charge in [0.15, 0.2) is 0 Å². The van der Waals surface area contributed by atoms with E-state index in [0.717, 1.165) is 27.9 Å². The molecule has 0 radical (unpaired) electrons. The molecule has 6 nitrogen and oxygen atoms in total. The number of rotatable bonds is 8. The molecule has 0 bridgehead atoms. The Labute approximate surface area is 178 Å². The number of hydrogen-bond acceptors (Lipinski definition) is 5. The van der Waals surface area contributed by atoms with Crippen LogP contribution in [0.1, 0.15) is 17.7 Å². The van der Waals surface area contributed by atoms with Crippen molar-refractivity contribution in [2.45, 2.75) is 23.5 Å². The number of thiophene rings is 1. The van der Waals surface area contributed by atoms with Gasteiger partial charge in [0.25, 0.3) is 10.0 Å². The third-order valence-corrected chi connectivity index (χ3v) is 8.54. The molecule has 2 aromatic rings. The molecule has 1 amide bonds. The van der Waals surface area contributed by atoms with Crippen molar-refractivity contribution in [3.8, 4) is 5.75 Å². The minimum absolute atomic E-state index is 0.0635. The smallest absolute Gasteiger partial charge is 0.252 e. The highest BCUT2D eigenvalue weighted by atomic mass is 79.9. The maximum absolute atomic E-state index is 12.6. The lowest BCUT2D eigenvalue weighted by molar-refractivity contribution is -0.129. The fraction of sp³-hybridized carbons (Fsp3) is 0.421. The number of sulfonamides is 1. The Balaban J connectivity index is 1.50. The summed E-state index contributed by atoms with van der Waals surface area (Å²) in [5.41, 5.74) is 0. The van der Waals surface area contributed by atoms with Gasteiger partial charge in [0, 0.05) is 29.5 Å². The van der Waals surface area contributed by atoms with Crippen LogP contribution in [0.15, 0.2) is 45.1 Å². The third kappa shape index (κ3) is 5.34. The molecule has 9 heteroatoms. The van der Waals surface area contributed by atoms with Gasteiger partial charge in [-0.05, 0) is 49.2 Å². The van der Waals surface area contributed by atoms with E-state index in [1.807, 2.05) is 24.3 Å². The molecule has 0 atom stereocenters. The molecule has 0 spiro atoms. The number of amides is 1. The highest BCUT2D eigenvalue weighted by molar-refractivity contribution is 9.10. The van der Waals surface area contributed by atoms with E-state index in [-0.39, 0.29) is 12.3 Å². The van der Waals surface area contributed by atoms with Crippen LogP contribution in [0.25, 0.3) is 0 Å². The van der Waals surface area contributed by atoms with Crippen molar-refractivity contribution in [3.63, 3.8) is 0 Å². The third-order valence-electron chi connectivity index (χ3n) is 4.56. The van der Waals surface area contributed by atoms with Gasteiger partial charge in [0.05, 0.1) is 13.0 Å². The molecule has 1 fully saturated rings. The number of benzene rings is 1. The lowest BCUT2D eigenvalue weighted by atomic mass is 10.3. The summed E-state index contributed by atoms with van der Waals surface area (Å²) in [6, 6.07) is 10.9. The molecule has 0 N–H and O–H groups in total. The van der Waals surface area contributed by atoms with Crippen LogP contribution >= 0.6 is 27.3 Å². The molecule has 0 aliphatic carbocycles. The van der Waals surface area contributed by atoms with E-state index >= 15 is 0 Å². The average Bonchev–Trinajstić information content (AvgIpc) is 3.35. The summed E-state index contributed by atoms with van der Waals surface area (Å²) < 4.78 is 33.6. The minimum Gasteiger partial charge on any atom is -0.492 e. The maximum atomic E-state index is 12.6. The molecule has 1 aromatic heterocycles. The Hall–Kier alpha value is -1.42. The van der Waals surface area contributed by atoms with Gasteiger partial charge in [-0.3, -0.25) is 4.79 Å². The highest BCUT2D eigenvalue weighted by Crippen LogP contribution is 2.27. The number of nitrogens with zero attached hydrogens (tertiary/aromatic N) is 2. The summed E-state index contributed by atoms with van der Waals surface area (Å²) in [6.07, 6.45) is 2.00. The Morgan fingerprint density at radius 3 is 2.54 bits per heavy atom. The van der Waals surface area contributed by atoms with Gasteiger partial charge in [-0.1, -0.05) is 15.9 Å². The molecule has 2 heterocycles. The molecule has 0 unspecified atom stereocenters. The fourth-order valence-corrected chi connectivity index (χ4v) is 6.17. The van der Waals surface area contributed by atoms with Gasteiger partial charge in [0.1, 0.15) is 16.6 Å². The second kappa shape index (κ2) is 9.39. The highest BCUT2D eigenvalue weighted by Gasteiger charge is 2.28. The number of ether oxygens (including phenoxy) is 1. The number of halogens is 1. The largest absolute Gasteiger partial charge is 0.492 e. The Bertz CT molecular complexity index is 906. The number of hydrogen-bond donors (Lipinski definition) is 0. The normalized spacial score (nSPS) is 14.9. The molecule has 1 aliphatic rings. The molecule has 28 heavy (non-hydrogen) atoms. The van der Waals surface area contributed by atoms with Crippen LogP contribution in [0.5, 0.6) is 5.75 Å². The standard InChI is InChI=1S/C19H23BrN2O4S2/c1-21(12-13-26-16-6-4-15(20)5-7-16)18(23)14-17-8-9-19(27-17)28(24,25)22-10-2-3-11-22/h4-9H,2-3,10-14H2,1H3. The van der Waals surface area contributed by atoms with Crippen molar-refractivity contribution in [3.05, 3.63) is 45.7 Å². The lowest BCUT2D eigenvalue weighted by Gasteiger charge is -2.17. The molecule has 1 aliphatic heterocycles. The van der Waals surface area contributed by atoms with Crippen LogP contribution in [0.4, 0.5) is 0 Å². The SMILES string of the molecule is CN(CCOc1ccc(Br)cc1)C(=O)Cc1ccc(S(=O)(=O)N2CCCC2)s1. The van der Waals surface area contributed by atoms with Crippen molar-refractivity contribution in [1.82, 2.24) is 9.21 Å². The van der Waals surface area contributed by atoms with Gasteiger partial charge in [-0.2, -0.15) is 4.31 Å². The second-order valence-corrected chi connectivity index (χ2v) is 10.9. The van der Waals surface area contributed by atoms with Crippen LogP contribution < -0.4 is 4.74 Å². The molecular formula is C19H23BrN2O4S2. The number of carbonyl (C=O) groups excluding carboxylic acids is 1. The van der Waals surface area contributed by atoms with E-state index < -0.39 is 10.0 Å². The molecule has 1 saturated heterocycles. The lowest BCUT2D eigenvalue weighted by Crippen LogP contribution is -2.31. The summed E-state index contributed by atoms with van der Waals surface area (Å²) in [5.74, 6) is 0.686. The van der Waals surface area contributed by atoms with Gasteiger partial charge in [-0.15, -0.1) is 11.3 Å². The van der Waals surface area contributed by atoms with Crippen molar-refractivity contribution < 1.29 is 17.9 Å². The first-order valence-electron chi connectivity index (χ1n) is 9.07. The van der Waals surface area contributed by atoms with Gasteiger partial charge in [0.2, 0.25) is 5.91 Å². The summed E-state index contributed by atoms with van der Waals surface area (Å²) >= 11 is 4.55. The van der Waals surface area contributed by atoms with Gasteiger partial charge >= 0.3 is 0 Å². The Morgan fingerprint density at radius 2 is 1.86 bits per heavy atom. The van der Waals surface area contributed by atoms with E-state index in [2.05, 4.69) is 15.9 Å². The zero-order valence-corrected chi connectivity index (χ0v) is 18.9. The zero-order valence-electron chi connectivity index (χ0n) is 15.6. The first kappa shape index (κ1) is 21.3. The van der Waals surface area contributed by atoms with Gasteiger partial charge < -0.3 is 9.64 Å². The molecule has 3 rings (SSSR count). The van der Waals surface area contributed by atoms with Crippen LogP contribution in [-0.2, 0) is 21.2 Å². The average molecular weight is 487 g/mol. The van der Waals surface area contributed by atoms with E-state index in [4.69, 9.17) is 4.74 Å². The molecule has 152 valence electrons. The zero-order chi connectivity index (χ0) is 20.1. The molecular weight excluding hydrogens is 464 g/mol. The van der Waals surface area contributed by atoms with Crippen molar-refractivity contribution in [1.29, 1.82) is 0 Å². The molecule has 1 aromatic carbocycles. The summed E-state index contributed by atoms with van der Waals surface area (Å²) in [7, 11) is -1.69. The van der Waals surface area contributed by atoms with E-state index in [0.29, 0.717) is 30.5 Å². The first-order valence-corrected chi connectivity index (χ1v) is 12.1. The van der Waals surface area contributed by atoms with Crippen LogP contribution in [0.3, 0.4) is 0 Å². The maximum Gasteiger partial charge on any atom is 0.252 e. The fourth-order valence-electron chi connectivity index (χ4n) is 2.89. The number of carbonyl (C=O) groups is 1. The van der Waals surface area contributed by atoms with Gasteiger partial charge in [-0.25, -0.2) is 8.42 Å². The quantitative estimate of drug-likeness (QED) is 0.573. The topological polar surface area (TPSA) is 66.9 Å². The Morgan fingerprint density at radius 1 is 1.18 bits per heavy atom. The predicted molar refractivity (Wildman–Crippen MR) is 113 cm³/mol. The predicted octanol–water partition coefficient (Wildman–Crippen LogP) is 3.38. The van der Waals surface area contributed by atoms with Crippen molar-refractivity contribution in [2.24, 2.45) is 0 Å². The summed E-state index contributed by atoms with van der Waals surface area (Å²) in [5, 5.41) is 0. The van der Waals surface area contributed by atoms with Crippen LogP contribution in [0.2, 0.25) is 0 Å². The number of likely N-dealkylation sites (N-methyl/N-ethyl adjacent to an activating group) is 1. The van der Waals surface area contributed by atoms with Crippen molar-refractivity contribution in [2.75, 3.05) is 33.3 Å². The molecule has 0 saturated carbocycles. The van der Waals surface area contributed by atoms with E-state index in [1.165, 1.54) is 15.6 Å². The second-order valence-electron chi connectivity index (χ2n) is 6.63. The Kier molecular flexibility index (Phi) is 7.14.